The zero-order valence-corrected chi connectivity index (χ0v) is 14.6. The maximum Gasteiger partial charge on any atom is 0.0533 e. The van der Waals surface area contributed by atoms with Crippen LogP contribution in [0.1, 0.15) is 33.6 Å². The van der Waals surface area contributed by atoms with Crippen molar-refractivity contribution in [2.75, 3.05) is 0 Å². The minimum atomic E-state index is 0.933. The van der Waals surface area contributed by atoms with Crippen molar-refractivity contribution in [2.45, 2.75) is 19.3 Å². The van der Waals surface area contributed by atoms with Crippen molar-refractivity contribution in [1.82, 2.24) is 9.97 Å². The first kappa shape index (κ1) is 13.0. The van der Waals surface area contributed by atoms with Crippen LogP contribution in [0.15, 0.2) is 48.8 Å². The van der Waals surface area contributed by atoms with Gasteiger partial charge in [-0.3, -0.25) is 9.97 Å². The highest BCUT2D eigenvalue weighted by molar-refractivity contribution is 6.33. The van der Waals surface area contributed by atoms with E-state index >= 15 is 0 Å². The van der Waals surface area contributed by atoms with Crippen LogP contribution >= 0.6 is 0 Å². The summed E-state index contributed by atoms with van der Waals surface area (Å²) in [5.74, 6) is 0. The van der Waals surface area contributed by atoms with E-state index in [2.05, 4.69) is 48.8 Å². The second kappa shape index (κ2) is 4.01. The largest absolute Gasteiger partial charge is 0.260 e. The van der Waals surface area contributed by atoms with Crippen LogP contribution in [0.25, 0.3) is 43.4 Å². The Hall–Kier alpha value is -3.26. The lowest BCUT2D eigenvalue weighted by atomic mass is 9.91. The van der Waals surface area contributed by atoms with Crippen molar-refractivity contribution in [2.24, 2.45) is 0 Å². The van der Waals surface area contributed by atoms with Crippen molar-refractivity contribution >= 4 is 32.3 Å². The Morgan fingerprint density at radius 2 is 1.22 bits per heavy atom. The minimum absolute atomic E-state index is 0.933. The van der Waals surface area contributed by atoms with Crippen molar-refractivity contribution < 1.29 is 0 Å². The Bertz CT molecular complexity index is 1490. The molecule has 0 saturated heterocycles. The summed E-state index contributed by atoms with van der Waals surface area (Å²) in [4.78, 5) is 9.75. The second-order valence-electron chi connectivity index (χ2n) is 8.17. The van der Waals surface area contributed by atoms with Crippen molar-refractivity contribution in [3.8, 4) is 11.1 Å². The average Bonchev–Trinajstić information content (AvgIpc) is 3.37. The molecule has 124 valence electrons. The molecule has 3 aliphatic rings. The normalized spacial score (nSPS) is 15.0. The molecule has 3 aromatic carbocycles. The molecule has 5 aromatic rings. The van der Waals surface area contributed by atoms with Gasteiger partial charge in [0.15, 0.2) is 0 Å². The highest BCUT2D eigenvalue weighted by Gasteiger charge is 2.33. The Morgan fingerprint density at radius 3 is 2.00 bits per heavy atom. The van der Waals surface area contributed by atoms with Gasteiger partial charge in [0.1, 0.15) is 0 Å². The zero-order valence-electron chi connectivity index (χ0n) is 14.6. The number of hydrogen-bond acceptors (Lipinski definition) is 2. The summed E-state index contributed by atoms with van der Waals surface area (Å²) in [6.07, 6.45) is 7.12. The van der Waals surface area contributed by atoms with E-state index < -0.39 is 0 Å². The third-order valence-corrected chi connectivity index (χ3v) is 6.91. The third kappa shape index (κ3) is 1.30. The predicted octanol–water partition coefficient (Wildman–Crippen LogP) is 5.32. The van der Waals surface area contributed by atoms with Gasteiger partial charge in [-0.05, 0) is 61.0 Å². The van der Waals surface area contributed by atoms with Crippen LogP contribution in [0.5, 0.6) is 0 Å². The smallest absolute Gasteiger partial charge is 0.0533 e. The summed E-state index contributed by atoms with van der Waals surface area (Å²) in [5, 5.41) is 8.75. The van der Waals surface area contributed by atoms with Gasteiger partial charge >= 0.3 is 0 Å². The van der Waals surface area contributed by atoms with E-state index in [0.29, 0.717) is 0 Å². The van der Waals surface area contributed by atoms with Crippen molar-refractivity contribution in [3.05, 3.63) is 82.4 Å². The van der Waals surface area contributed by atoms with Crippen LogP contribution in [-0.2, 0) is 19.3 Å². The van der Waals surface area contributed by atoms with E-state index in [1.165, 1.54) is 77.1 Å². The summed E-state index contributed by atoms with van der Waals surface area (Å²) < 4.78 is 0. The monoisotopic (exact) mass is 342 g/mol. The second-order valence-corrected chi connectivity index (χ2v) is 8.17. The number of nitrogens with zero attached hydrogens (tertiary/aromatic N) is 2. The molecule has 2 nitrogen and oxygen atoms in total. The summed E-state index contributed by atoms with van der Waals surface area (Å²) in [6, 6.07) is 13.3. The van der Waals surface area contributed by atoms with Gasteiger partial charge in [0.05, 0.1) is 11.4 Å². The molecule has 27 heavy (non-hydrogen) atoms. The quantitative estimate of drug-likeness (QED) is 0.378. The van der Waals surface area contributed by atoms with Crippen LogP contribution in [0.2, 0.25) is 0 Å². The average molecular weight is 342 g/mol. The number of pyridine rings is 2. The molecule has 0 spiro atoms. The number of aromatic nitrogens is 2. The Balaban J connectivity index is 1.70. The van der Waals surface area contributed by atoms with Gasteiger partial charge in [-0.25, -0.2) is 0 Å². The molecule has 0 amide bonds. The molecule has 0 bridgehead atoms. The van der Waals surface area contributed by atoms with E-state index in [1.54, 1.807) is 0 Å². The van der Waals surface area contributed by atoms with Gasteiger partial charge < -0.3 is 0 Å². The summed E-state index contributed by atoms with van der Waals surface area (Å²) in [7, 11) is 0. The first-order valence-corrected chi connectivity index (χ1v) is 9.65. The molecule has 2 aromatic heterocycles. The van der Waals surface area contributed by atoms with Gasteiger partial charge in [-0.2, -0.15) is 0 Å². The zero-order chi connectivity index (χ0) is 17.3. The van der Waals surface area contributed by atoms with Gasteiger partial charge in [0.25, 0.3) is 0 Å². The fourth-order valence-corrected chi connectivity index (χ4v) is 5.92. The molecular formula is C25H14N2. The van der Waals surface area contributed by atoms with Crippen LogP contribution in [-0.4, -0.2) is 9.97 Å². The van der Waals surface area contributed by atoms with Crippen LogP contribution in [0.4, 0.5) is 0 Å². The topological polar surface area (TPSA) is 25.8 Å². The van der Waals surface area contributed by atoms with E-state index in [1.807, 2.05) is 0 Å². The molecule has 3 aliphatic carbocycles. The third-order valence-electron chi connectivity index (χ3n) is 6.91. The molecule has 2 heteroatoms. The molecule has 0 aliphatic heterocycles. The number of benzene rings is 3. The fraction of sp³-hybridized carbons (Fsp3) is 0.120. The highest BCUT2D eigenvalue weighted by Crippen LogP contribution is 2.53. The van der Waals surface area contributed by atoms with Gasteiger partial charge in [-0.15, -0.1) is 0 Å². The molecule has 0 unspecified atom stereocenters. The Morgan fingerprint density at radius 1 is 0.593 bits per heavy atom. The van der Waals surface area contributed by atoms with Gasteiger partial charge in [-0.1, -0.05) is 30.3 Å². The van der Waals surface area contributed by atoms with E-state index in [0.717, 1.165) is 19.3 Å². The predicted molar refractivity (Wildman–Crippen MR) is 108 cm³/mol. The molecule has 0 saturated carbocycles. The molecule has 0 N–H and O–H groups in total. The molecular weight excluding hydrogens is 328 g/mol. The van der Waals surface area contributed by atoms with Crippen LogP contribution in [0.3, 0.4) is 0 Å². The summed E-state index contributed by atoms with van der Waals surface area (Å²) in [5.41, 5.74) is 10.9. The molecule has 8 rings (SSSR count). The van der Waals surface area contributed by atoms with Crippen LogP contribution in [0, 0.1) is 0 Å². The highest BCUT2D eigenvalue weighted by atomic mass is 14.7. The van der Waals surface area contributed by atoms with E-state index in [4.69, 9.17) is 9.97 Å². The summed E-state index contributed by atoms with van der Waals surface area (Å²) in [6.45, 7) is 0. The lowest BCUT2D eigenvalue weighted by molar-refractivity contribution is 1.08. The first-order valence-electron chi connectivity index (χ1n) is 9.65. The Kier molecular flexibility index (Phi) is 1.93. The lowest BCUT2D eigenvalue weighted by Gasteiger charge is -2.12. The van der Waals surface area contributed by atoms with E-state index in [-0.39, 0.29) is 0 Å². The lowest BCUT2D eigenvalue weighted by Crippen LogP contribution is -1.91. The molecule has 0 fully saturated rings. The SMILES string of the molecule is c1ccc(-c2cc3c4c5c(ncc6c5c5c(ncc7c5c4c2C7)C6)C3)cc1. The van der Waals surface area contributed by atoms with Gasteiger partial charge in [0, 0.05) is 42.4 Å². The fourth-order valence-electron chi connectivity index (χ4n) is 5.92. The standard InChI is InChI=1S/C25H14N2/c1-2-4-12(5-3-1)16-6-13-8-18-24-20(13)23-17(16)7-14-10-26-19-9-15(11-27-18)22(24)25(19)21(14)23/h1-6,10-11H,7-9H2. The molecule has 2 heterocycles. The van der Waals surface area contributed by atoms with Crippen molar-refractivity contribution in [1.29, 1.82) is 0 Å². The maximum atomic E-state index is 4.87. The molecule has 0 atom stereocenters. The number of hydrogen-bond donors (Lipinski definition) is 0. The number of rotatable bonds is 1. The van der Waals surface area contributed by atoms with Gasteiger partial charge in [0.2, 0.25) is 0 Å². The molecule has 0 radical (unpaired) electrons. The first-order chi connectivity index (χ1) is 13.4. The maximum absolute atomic E-state index is 4.87. The van der Waals surface area contributed by atoms with Crippen molar-refractivity contribution in [3.63, 3.8) is 0 Å². The summed E-state index contributed by atoms with van der Waals surface area (Å²) >= 11 is 0. The Labute approximate surface area is 155 Å². The van der Waals surface area contributed by atoms with E-state index in [9.17, 15) is 0 Å². The van der Waals surface area contributed by atoms with Crippen LogP contribution < -0.4 is 0 Å². The minimum Gasteiger partial charge on any atom is -0.260 e.